The molecule has 1 atom stereocenters. The summed E-state index contributed by atoms with van der Waals surface area (Å²) in [6, 6.07) is 12.9. The number of benzene rings is 2. The number of aromatic amines is 1. The first-order valence-corrected chi connectivity index (χ1v) is 7.46. The quantitative estimate of drug-likeness (QED) is 0.759. The van der Waals surface area contributed by atoms with Gasteiger partial charge in [-0.15, -0.1) is 0 Å². The lowest BCUT2D eigenvalue weighted by atomic mass is 10.0. The van der Waals surface area contributed by atoms with Crippen LogP contribution in [0.15, 0.2) is 42.5 Å². The van der Waals surface area contributed by atoms with Crippen molar-refractivity contribution in [2.75, 3.05) is 7.11 Å². The number of hydrogen-bond acceptors (Lipinski definition) is 4. The van der Waals surface area contributed by atoms with Crippen molar-refractivity contribution in [3.8, 4) is 5.75 Å². The molecule has 3 aromatic rings. The lowest BCUT2D eigenvalue weighted by Crippen LogP contribution is -2.28. The minimum atomic E-state index is -0.127. The van der Waals surface area contributed by atoms with Gasteiger partial charge in [-0.1, -0.05) is 19.1 Å². The fourth-order valence-electron chi connectivity index (χ4n) is 2.48. The Labute approximate surface area is 133 Å². The Bertz CT molecular complexity index is 811. The van der Waals surface area contributed by atoms with E-state index in [0.29, 0.717) is 11.1 Å². The number of carbonyl (C=O) groups excluding carboxylic acids is 1. The zero-order chi connectivity index (χ0) is 16.2. The van der Waals surface area contributed by atoms with Gasteiger partial charge in [0.2, 0.25) is 0 Å². The van der Waals surface area contributed by atoms with Crippen LogP contribution in [0.4, 0.5) is 0 Å². The molecule has 1 unspecified atom stereocenters. The van der Waals surface area contributed by atoms with Crippen molar-refractivity contribution in [3.63, 3.8) is 0 Å². The summed E-state index contributed by atoms with van der Waals surface area (Å²) in [5.41, 5.74) is 3.03. The van der Waals surface area contributed by atoms with Crippen LogP contribution >= 0.6 is 0 Å². The summed E-state index contributed by atoms with van der Waals surface area (Å²) in [6.45, 7) is 2.04. The van der Waals surface area contributed by atoms with Crippen molar-refractivity contribution in [1.29, 1.82) is 0 Å². The zero-order valence-corrected chi connectivity index (χ0v) is 13.0. The Morgan fingerprint density at radius 3 is 2.61 bits per heavy atom. The summed E-state index contributed by atoms with van der Waals surface area (Å²) >= 11 is 0. The first-order valence-electron chi connectivity index (χ1n) is 7.46. The number of nitrogens with one attached hydrogen (secondary N) is 2. The van der Waals surface area contributed by atoms with Crippen LogP contribution in [-0.2, 0) is 0 Å². The number of rotatable bonds is 5. The van der Waals surface area contributed by atoms with E-state index in [1.807, 2.05) is 31.2 Å². The number of nitrogens with zero attached hydrogens (tertiary/aromatic N) is 2. The van der Waals surface area contributed by atoms with E-state index in [4.69, 9.17) is 4.74 Å². The molecule has 1 heterocycles. The topological polar surface area (TPSA) is 79.9 Å². The van der Waals surface area contributed by atoms with Crippen LogP contribution < -0.4 is 10.1 Å². The van der Waals surface area contributed by atoms with Crippen LogP contribution in [0.25, 0.3) is 11.0 Å². The highest BCUT2D eigenvalue weighted by Crippen LogP contribution is 2.21. The number of hydrogen-bond donors (Lipinski definition) is 2. The van der Waals surface area contributed by atoms with E-state index in [1.54, 1.807) is 25.3 Å². The molecule has 3 rings (SSSR count). The summed E-state index contributed by atoms with van der Waals surface area (Å²) in [5, 5.41) is 13.6. The largest absolute Gasteiger partial charge is 0.497 e. The van der Waals surface area contributed by atoms with Gasteiger partial charge >= 0.3 is 0 Å². The molecule has 0 radical (unpaired) electrons. The van der Waals surface area contributed by atoms with Crippen molar-refractivity contribution in [2.24, 2.45) is 0 Å². The van der Waals surface area contributed by atoms with Gasteiger partial charge in [-0.2, -0.15) is 15.4 Å². The third-order valence-corrected chi connectivity index (χ3v) is 3.81. The van der Waals surface area contributed by atoms with Gasteiger partial charge in [0.15, 0.2) is 0 Å². The Morgan fingerprint density at radius 2 is 1.91 bits per heavy atom. The molecule has 118 valence electrons. The average molecular weight is 310 g/mol. The van der Waals surface area contributed by atoms with Gasteiger partial charge in [0.1, 0.15) is 16.8 Å². The summed E-state index contributed by atoms with van der Waals surface area (Å²) in [6.07, 6.45) is 0.796. The molecule has 0 bridgehead atoms. The average Bonchev–Trinajstić information content (AvgIpc) is 3.07. The Balaban J connectivity index is 1.78. The van der Waals surface area contributed by atoms with Gasteiger partial charge in [0.25, 0.3) is 5.91 Å². The summed E-state index contributed by atoms with van der Waals surface area (Å²) < 4.78 is 5.16. The van der Waals surface area contributed by atoms with E-state index in [1.165, 1.54) is 0 Å². The summed E-state index contributed by atoms with van der Waals surface area (Å²) in [5.74, 6) is 0.670. The third-order valence-electron chi connectivity index (χ3n) is 3.81. The molecular weight excluding hydrogens is 292 g/mol. The van der Waals surface area contributed by atoms with Crippen molar-refractivity contribution in [1.82, 2.24) is 20.7 Å². The molecule has 0 fully saturated rings. The number of aromatic nitrogens is 3. The molecule has 6 nitrogen and oxygen atoms in total. The van der Waals surface area contributed by atoms with Crippen LogP contribution in [-0.4, -0.2) is 28.4 Å². The molecule has 0 aliphatic heterocycles. The molecule has 0 saturated heterocycles. The fourth-order valence-corrected chi connectivity index (χ4v) is 2.48. The molecule has 6 heteroatoms. The van der Waals surface area contributed by atoms with Crippen LogP contribution in [0.3, 0.4) is 0 Å². The van der Waals surface area contributed by atoms with Gasteiger partial charge in [0.05, 0.1) is 13.2 Å². The highest BCUT2D eigenvalue weighted by Gasteiger charge is 2.15. The molecular formula is C17H18N4O2. The predicted molar refractivity (Wildman–Crippen MR) is 87.4 cm³/mol. The highest BCUT2D eigenvalue weighted by molar-refractivity contribution is 5.97. The third kappa shape index (κ3) is 3.15. The lowest BCUT2D eigenvalue weighted by molar-refractivity contribution is 0.0935. The number of ether oxygens (including phenoxy) is 1. The van der Waals surface area contributed by atoms with Crippen LogP contribution in [0.1, 0.15) is 35.3 Å². The van der Waals surface area contributed by atoms with Crippen LogP contribution in [0.2, 0.25) is 0 Å². The monoisotopic (exact) mass is 310 g/mol. The maximum Gasteiger partial charge on any atom is 0.251 e. The predicted octanol–water partition coefficient (Wildman–Crippen LogP) is 2.85. The van der Waals surface area contributed by atoms with Crippen molar-refractivity contribution >= 4 is 16.9 Å². The molecule has 2 aromatic carbocycles. The lowest BCUT2D eigenvalue weighted by Gasteiger charge is -2.18. The van der Waals surface area contributed by atoms with Gasteiger partial charge in [-0.25, -0.2) is 0 Å². The number of methoxy groups -OCH3 is 1. The first kappa shape index (κ1) is 15.0. The fraction of sp³-hybridized carbons (Fsp3) is 0.235. The van der Waals surface area contributed by atoms with Gasteiger partial charge < -0.3 is 10.1 Å². The van der Waals surface area contributed by atoms with Gasteiger partial charge in [-0.05, 0) is 42.3 Å². The van der Waals surface area contributed by atoms with E-state index >= 15 is 0 Å². The molecule has 1 amide bonds. The van der Waals surface area contributed by atoms with Gasteiger partial charge in [0, 0.05) is 5.56 Å². The standard InChI is InChI=1S/C17H18N4O2/c1-3-14(11-4-7-13(23-2)8-5-11)18-17(22)12-6-9-15-16(10-12)20-21-19-15/h4-10,14H,3H2,1-2H3,(H,18,22)(H,19,20,21). The smallest absolute Gasteiger partial charge is 0.251 e. The van der Waals surface area contributed by atoms with E-state index < -0.39 is 0 Å². The van der Waals surface area contributed by atoms with Crippen LogP contribution in [0.5, 0.6) is 5.75 Å². The minimum Gasteiger partial charge on any atom is -0.497 e. The van der Waals surface area contributed by atoms with Crippen molar-refractivity contribution in [2.45, 2.75) is 19.4 Å². The second-order valence-electron chi connectivity index (χ2n) is 5.23. The number of fused-ring (bicyclic) bond motifs is 1. The molecule has 0 spiro atoms. The summed E-state index contributed by atoms with van der Waals surface area (Å²) in [4.78, 5) is 12.5. The summed E-state index contributed by atoms with van der Waals surface area (Å²) in [7, 11) is 1.63. The normalized spacial score (nSPS) is 12.1. The minimum absolute atomic E-state index is 0.0542. The Kier molecular flexibility index (Phi) is 4.23. The van der Waals surface area contributed by atoms with E-state index in [9.17, 15) is 4.79 Å². The number of amides is 1. The van der Waals surface area contributed by atoms with E-state index in [2.05, 4.69) is 20.7 Å². The Hall–Kier alpha value is -2.89. The number of H-pyrrole nitrogens is 1. The molecule has 2 N–H and O–H groups in total. The van der Waals surface area contributed by atoms with Crippen molar-refractivity contribution < 1.29 is 9.53 Å². The van der Waals surface area contributed by atoms with E-state index in [-0.39, 0.29) is 11.9 Å². The molecule has 0 saturated carbocycles. The highest BCUT2D eigenvalue weighted by atomic mass is 16.5. The molecule has 0 aliphatic carbocycles. The second-order valence-corrected chi connectivity index (χ2v) is 5.23. The second kappa shape index (κ2) is 6.48. The molecule has 1 aromatic heterocycles. The SMILES string of the molecule is CCC(NC(=O)c1ccc2n[nH]nc2c1)c1ccc(OC)cc1. The maximum atomic E-state index is 12.5. The molecule has 0 aliphatic rings. The molecule has 23 heavy (non-hydrogen) atoms. The Morgan fingerprint density at radius 1 is 1.17 bits per heavy atom. The maximum absolute atomic E-state index is 12.5. The zero-order valence-electron chi connectivity index (χ0n) is 13.0. The number of carbonyl (C=O) groups is 1. The van der Waals surface area contributed by atoms with Crippen molar-refractivity contribution in [3.05, 3.63) is 53.6 Å². The van der Waals surface area contributed by atoms with Gasteiger partial charge in [-0.3, -0.25) is 4.79 Å². The first-order chi connectivity index (χ1) is 11.2. The van der Waals surface area contributed by atoms with E-state index in [0.717, 1.165) is 23.3 Å². The van der Waals surface area contributed by atoms with Crippen LogP contribution in [0, 0.1) is 0 Å².